The Labute approximate surface area is 112 Å². The molecule has 0 unspecified atom stereocenters. The van der Waals surface area contributed by atoms with Gasteiger partial charge in [-0.3, -0.25) is 4.79 Å². The van der Waals surface area contributed by atoms with E-state index in [1.54, 1.807) is 6.08 Å². The molecule has 0 aromatic rings. The van der Waals surface area contributed by atoms with E-state index in [2.05, 4.69) is 25.7 Å². The second-order valence-corrected chi connectivity index (χ2v) is 4.30. The highest BCUT2D eigenvalue weighted by atomic mass is 16.1. The van der Waals surface area contributed by atoms with E-state index >= 15 is 0 Å². The summed E-state index contributed by atoms with van der Waals surface area (Å²) < 4.78 is 0. The second-order valence-electron chi connectivity index (χ2n) is 4.30. The van der Waals surface area contributed by atoms with Crippen molar-refractivity contribution in [1.29, 1.82) is 0 Å². The van der Waals surface area contributed by atoms with Crippen molar-refractivity contribution in [2.24, 2.45) is 0 Å². The maximum atomic E-state index is 10.8. The Morgan fingerprint density at radius 3 is 2.50 bits per heavy atom. The molecule has 0 aliphatic rings. The smallest absolute Gasteiger partial charge is 0.178 e. The van der Waals surface area contributed by atoms with Gasteiger partial charge in [-0.25, -0.2) is 0 Å². The fourth-order valence-electron chi connectivity index (χ4n) is 1.53. The highest BCUT2D eigenvalue weighted by molar-refractivity contribution is 5.98. The zero-order valence-electron chi connectivity index (χ0n) is 11.6. The van der Waals surface area contributed by atoms with Gasteiger partial charge in [0, 0.05) is 0 Å². The Kier molecular flexibility index (Phi) is 12.7. The first-order valence-corrected chi connectivity index (χ1v) is 6.95. The highest BCUT2D eigenvalue weighted by Crippen LogP contribution is 2.05. The van der Waals surface area contributed by atoms with Crippen LogP contribution in [-0.2, 0) is 4.79 Å². The van der Waals surface area contributed by atoms with Crippen molar-refractivity contribution in [2.45, 2.75) is 51.9 Å². The van der Waals surface area contributed by atoms with Gasteiger partial charge in [-0.2, -0.15) is 0 Å². The number of allylic oxidation sites excluding steroid dienone is 7. The van der Waals surface area contributed by atoms with E-state index in [-0.39, 0.29) is 5.78 Å². The number of hydrogen-bond acceptors (Lipinski definition) is 1. The first kappa shape index (κ1) is 16.6. The summed E-state index contributed by atoms with van der Waals surface area (Å²) >= 11 is 0. The van der Waals surface area contributed by atoms with Crippen LogP contribution >= 0.6 is 0 Å². The standard InChI is InChI=1S/C17H26O/c1-3-5-6-7-8-9-10-11-12-13-14-15-16-17(18)4-2/h4,10-11,13-16H,2-3,5-9,12H2,1H3. The molecule has 0 heterocycles. The van der Waals surface area contributed by atoms with E-state index < -0.39 is 0 Å². The lowest BCUT2D eigenvalue weighted by Crippen LogP contribution is -1.80. The highest BCUT2D eigenvalue weighted by Gasteiger charge is 1.85. The van der Waals surface area contributed by atoms with Gasteiger partial charge < -0.3 is 0 Å². The Morgan fingerprint density at radius 1 is 1.00 bits per heavy atom. The van der Waals surface area contributed by atoms with Crippen LogP contribution in [0.2, 0.25) is 0 Å². The Hall–Kier alpha value is -1.37. The molecule has 0 bridgehead atoms. The summed E-state index contributed by atoms with van der Waals surface area (Å²) in [4.78, 5) is 10.8. The SMILES string of the molecule is C=CC(=O)C=CC=CCC=CCCCCCCC. The van der Waals surface area contributed by atoms with Crippen molar-refractivity contribution in [3.8, 4) is 0 Å². The van der Waals surface area contributed by atoms with Crippen LogP contribution in [0, 0.1) is 0 Å². The molecule has 100 valence electrons. The first-order chi connectivity index (χ1) is 8.81. The van der Waals surface area contributed by atoms with Gasteiger partial charge >= 0.3 is 0 Å². The van der Waals surface area contributed by atoms with Gasteiger partial charge in [-0.15, -0.1) is 0 Å². The third-order valence-corrected chi connectivity index (χ3v) is 2.62. The summed E-state index contributed by atoms with van der Waals surface area (Å²) in [5.41, 5.74) is 0. The van der Waals surface area contributed by atoms with Crippen LogP contribution in [0.5, 0.6) is 0 Å². The van der Waals surface area contributed by atoms with Crippen LogP contribution in [0.15, 0.2) is 49.1 Å². The van der Waals surface area contributed by atoms with Crippen molar-refractivity contribution in [3.63, 3.8) is 0 Å². The third kappa shape index (κ3) is 12.7. The zero-order valence-corrected chi connectivity index (χ0v) is 11.6. The normalized spacial score (nSPS) is 11.8. The van der Waals surface area contributed by atoms with Crippen LogP contribution in [0.1, 0.15) is 51.9 Å². The molecule has 0 aliphatic heterocycles. The average Bonchev–Trinajstić information content (AvgIpc) is 2.39. The second kappa shape index (κ2) is 13.7. The molecule has 1 heteroatoms. The lowest BCUT2D eigenvalue weighted by molar-refractivity contribution is -0.110. The molecule has 0 spiro atoms. The van der Waals surface area contributed by atoms with E-state index in [9.17, 15) is 4.79 Å². The lowest BCUT2D eigenvalue weighted by Gasteiger charge is -1.95. The molecule has 0 fully saturated rings. The molecule has 0 radical (unpaired) electrons. The molecule has 1 nitrogen and oxygen atoms in total. The van der Waals surface area contributed by atoms with E-state index in [0.29, 0.717) is 0 Å². The van der Waals surface area contributed by atoms with E-state index in [1.165, 1.54) is 50.7 Å². The summed E-state index contributed by atoms with van der Waals surface area (Å²) in [6.45, 7) is 5.64. The molecule has 0 saturated carbocycles. The number of carbonyl (C=O) groups excluding carboxylic acids is 1. The monoisotopic (exact) mass is 246 g/mol. The molecule has 0 N–H and O–H groups in total. The minimum atomic E-state index is -0.0535. The van der Waals surface area contributed by atoms with Crippen LogP contribution in [0.4, 0.5) is 0 Å². The fourth-order valence-corrected chi connectivity index (χ4v) is 1.53. The molecule has 0 atom stereocenters. The molecule has 0 aromatic carbocycles. The van der Waals surface area contributed by atoms with Crippen LogP contribution in [0.25, 0.3) is 0 Å². The molecule has 0 amide bonds. The van der Waals surface area contributed by atoms with Crippen molar-refractivity contribution in [3.05, 3.63) is 49.1 Å². The number of carbonyl (C=O) groups is 1. The summed E-state index contributed by atoms with van der Waals surface area (Å²) in [6.07, 6.45) is 21.7. The third-order valence-electron chi connectivity index (χ3n) is 2.62. The minimum Gasteiger partial charge on any atom is -0.290 e. The van der Waals surface area contributed by atoms with Gasteiger partial charge in [-0.1, -0.05) is 69.6 Å². The summed E-state index contributed by atoms with van der Waals surface area (Å²) in [6, 6.07) is 0. The van der Waals surface area contributed by atoms with Gasteiger partial charge in [0.2, 0.25) is 0 Å². The quantitative estimate of drug-likeness (QED) is 0.213. The van der Waals surface area contributed by atoms with E-state index in [4.69, 9.17) is 0 Å². The number of unbranched alkanes of at least 4 members (excludes halogenated alkanes) is 5. The van der Waals surface area contributed by atoms with Gasteiger partial charge in [-0.05, 0) is 31.4 Å². The molecule has 0 rings (SSSR count). The lowest BCUT2D eigenvalue weighted by atomic mass is 10.1. The summed E-state index contributed by atoms with van der Waals surface area (Å²) in [5, 5.41) is 0. The topological polar surface area (TPSA) is 17.1 Å². The van der Waals surface area contributed by atoms with Gasteiger partial charge in [0.25, 0.3) is 0 Å². The van der Waals surface area contributed by atoms with Gasteiger partial charge in [0.15, 0.2) is 5.78 Å². The predicted molar refractivity (Wildman–Crippen MR) is 80.6 cm³/mol. The first-order valence-electron chi connectivity index (χ1n) is 6.95. The molecular formula is C17H26O. The molecular weight excluding hydrogens is 220 g/mol. The van der Waals surface area contributed by atoms with Crippen LogP contribution in [0.3, 0.4) is 0 Å². The molecule has 0 aliphatic carbocycles. The van der Waals surface area contributed by atoms with Crippen LogP contribution < -0.4 is 0 Å². The molecule has 0 aromatic heterocycles. The number of rotatable bonds is 11. The van der Waals surface area contributed by atoms with Crippen LogP contribution in [-0.4, -0.2) is 5.78 Å². The van der Waals surface area contributed by atoms with E-state index in [0.717, 1.165) is 6.42 Å². The maximum Gasteiger partial charge on any atom is 0.178 e. The van der Waals surface area contributed by atoms with Crippen molar-refractivity contribution < 1.29 is 4.79 Å². The number of hydrogen-bond donors (Lipinski definition) is 0. The zero-order chi connectivity index (χ0) is 13.5. The largest absolute Gasteiger partial charge is 0.290 e. The van der Waals surface area contributed by atoms with Gasteiger partial charge in [0.05, 0.1) is 0 Å². The predicted octanol–water partition coefficient (Wildman–Crippen LogP) is 5.16. The molecule has 0 saturated heterocycles. The minimum absolute atomic E-state index is 0.0535. The number of ketones is 1. The average molecular weight is 246 g/mol. The van der Waals surface area contributed by atoms with Gasteiger partial charge in [0.1, 0.15) is 0 Å². The Bertz CT molecular complexity index is 295. The summed E-state index contributed by atoms with van der Waals surface area (Å²) in [7, 11) is 0. The Morgan fingerprint density at radius 2 is 1.78 bits per heavy atom. The van der Waals surface area contributed by atoms with Crippen molar-refractivity contribution in [1.82, 2.24) is 0 Å². The summed E-state index contributed by atoms with van der Waals surface area (Å²) in [5.74, 6) is -0.0535. The maximum absolute atomic E-state index is 10.8. The van der Waals surface area contributed by atoms with E-state index in [1.807, 2.05) is 12.2 Å². The van der Waals surface area contributed by atoms with Crippen molar-refractivity contribution in [2.75, 3.05) is 0 Å². The molecule has 18 heavy (non-hydrogen) atoms. The fraction of sp³-hybridized carbons (Fsp3) is 0.471. The van der Waals surface area contributed by atoms with Crippen molar-refractivity contribution >= 4 is 5.78 Å². The Balaban J connectivity index is 3.42.